The standard InChI is InChI=1S/C10H22N2O/c1-12-10(13)8-6-4-2-3-5-7-9-11/h2-9,11H2,1H3,(H,12,13). The van der Waals surface area contributed by atoms with Crippen LogP contribution in [0.2, 0.25) is 0 Å². The summed E-state index contributed by atoms with van der Waals surface area (Å²) in [5.74, 6) is 0.155. The molecule has 0 saturated carbocycles. The van der Waals surface area contributed by atoms with Gasteiger partial charge in [0.1, 0.15) is 0 Å². The van der Waals surface area contributed by atoms with Crippen LogP contribution in [0.5, 0.6) is 0 Å². The van der Waals surface area contributed by atoms with E-state index < -0.39 is 0 Å². The Morgan fingerprint density at radius 2 is 1.62 bits per heavy atom. The zero-order valence-corrected chi connectivity index (χ0v) is 8.64. The minimum atomic E-state index is 0.155. The molecule has 0 aliphatic carbocycles. The quantitative estimate of drug-likeness (QED) is 0.563. The van der Waals surface area contributed by atoms with E-state index >= 15 is 0 Å². The molecule has 0 rings (SSSR count). The van der Waals surface area contributed by atoms with Crippen molar-refractivity contribution >= 4 is 5.91 Å². The van der Waals surface area contributed by atoms with Gasteiger partial charge in [-0.1, -0.05) is 25.7 Å². The molecule has 0 saturated heterocycles. The second-order valence-electron chi connectivity index (χ2n) is 3.33. The summed E-state index contributed by atoms with van der Waals surface area (Å²) in [6, 6.07) is 0. The highest BCUT2D eigenvalue weighted by atomic mass is 16.1. The molecule has 1 amide bonds. The summed E-state index contributed by atoms with van der Waals surface area (Å²) in [6.45, 7) is 0.804. The van der Waals surface area contributed by atoms with Gasteiger partial charge in [0.05, 0.1) is 0 Å². The maximum absolute atomic E-state index is 10.8. The van der Waals surface area contributed by atoms with Crippen molar-refractivity contribution in [2.75, 3.05) is 13.6 Å². The Morgan fingerprint density at radius 3 is 2.15 bits per heavy atom. The van der Waals surface area contributed by atoms with Gasteiger partial charge in [-0.2, -0.15) is 0 Å². The Bertz CT molecular complexity index is 126. The molecule has 0 unspecified atom stereocenters. The summed E-state index contributed by atoms with van der Waals surface area (Å²) in [5, 5.41) is 2.62. The minimum Gasteiger partial charge on any atom is -0.359 e. The first-order valence-corrected chi connectivity index (χ1v) is 5.22. The molecule has 0 bridgehead atoms. The van der Waals surface area contributed by atoms with Gasteiger partial charge in [-0.25, -0.2) is 0 Å². The molecule has 13 heavy (non-hydrogen) atoms. The van der Waals surface area contributed by atoms with E-state index in [0.717, 1.165) is 25.8 Å². The van der Waals surface area contributed by atoms with Crippen molar-refractivity contribution in [2.45, 2.75) is 44.9 Å². The lowest BCUT2D eigenvalue weighted by molar-refractivity contribution is -0.120. The van der Waals surface area contributed by atoms with Crippen LogP contribution in [0.4, 0.5) is 0 Å². The molecule has 0 aromatic rings. The first-order chi connectivity index (χ1) is 6.31. The van der Waals surface area contributed by atoms with Crippen LogP contribution in [-0.4, -0.2) is 19.5 Å². The van der Waals surface area contributed by atoms with Crippen LogP contribution in [-0.2, 0) is 4.79 Å². The highest BCUT2D eigenvalue weighted by Gasteiger charge is 1.96. The topological polar surface area (TPSA) is 55.1 Å². The zero-order valence-electron chi connectivity index (χ0n) is 8.64. The van der Waals surface area contributed by atoms with Crippen molar-refractivity contribution in [3.05, 3.63) is 0 Å². The van der Waals surface area contributed by atoms with Crippen LogP contribution in [0.25, 0.3) is 0 Å². The average Bonchev–Trinajstić information content (AvgIpc) is 2.16. The molecule has 0 aromatic heterocycles. The Balaban J connectivity index is 2.95. The number of rotatable bonds is 8. The summed E-state index contributed by atoms with van der Waals surface area (Å²) in [5.41, 5.74) is 5.37. The van der Waals surface area contributed by atoms with E-state index in [1.807, 2.05) is 0 Å². The van der Waals surface area contributed by atoms with Gasteiger partial charge in [-0.05, 0) is 19.4 Å². The molecule has 3 heteroatoms. The van der Waals surface area contributed by atoms with Gasteiger partial charge in [-0.3, -0.25) is 4.79 Å². The van der Waals surface area contributed by atoms with Gasteiger partial charge in [0.15, 0.2) is 0 Å². The molecular weight excluding hydrogens is 164 g/mol. The van der Waals surface area contributed by atoms with Gasteiger partial charge >= 0.3 is 0 Å². The van der Waals surface area contributed by atoms with Crippen LogP contribution < -0.4 is 11.1 Å². The van der Waals surface area contributed by atoms with Crippen LogP contribution in [0.15, 0.2) is 0 Å². The number of hydrogen-bond donors (Lipinski definition) is 2. The Hall–Kier alpha value is -0.570. The largest absolute Gasteiger partial charge is 0.359 e. The molecule has 0 aliphatic rings. The van der Waals surface area contributed by atoms with Crippen LogP contribution >= 0.6 is 0 Å². The number of carbonyl (C=O) groups excluding carboxylic acids is 1. The summed E-state index contributed by atoms with van der Waals surface area (Å²) in [6.07, 6.45) is 7.71. The summed E-state index contributed by atoms with van der Waals surface area (Å²) in [4.78, 5) is 10.8. The first kappa shape index (κ1) is 12.4. The third kappa shape index (κ3) is 9.34. The predicted molar refractivity (Wildman–Crippen MR) is 55.4 cm³/mol. The Morgan fingerprint density at radius 1 is 1.08 bits per heavy atom. The predicted octanol–water partition coefficient (Wildman–Crippen LogP) is 1.42. The SMILES string of the molecule is CNC(=O)CCCCCCCCN. The van der Waals surface area contributed by atoms with E-state index in [2.05, 4.69) is 5.32 Å². The molecule has 0 radical (unpaired) electrons. The van der Waals surface area contributed by atoms with Crippen LogP contribution in [0.3, 0.4) is 0 Å². The van der Waals surface area contributed by atoms with Crippen molar-refractivity contribution < 1.29 is 4.79 Å². The lowest BCUT2D eigenvalue weighted by atomic mass is 10.1. The van der Waals surface area contributed by atoms with Crippen molar-refractivity contribution in [1.29, 1.82) is 0 Å². The lowest BCUT2D eigenvalue weighted by Crippen LogP contribution is -2.16. The fraction of sp³-hybridized carbons (Fsp3) is 0.900. The average molecular weight is 186 g/mol. The number of nitrogens with two attached hydrogens (primary N) is 1. The zero-order chi connectivity index (χ0) is 9.94. The van der Waals surface area contributed by atoms with Gasteiger partial charge in [-0.15, -0.1) is 0 Å². The third-order valence-corrected chi connectivity index (χ3v) is 2.14. The van der Waals surface area contributed by atoms with Gasteiger partial charge in [0.2, 0.25) is 5.91 Å². The fourth-order valence-electron chi connectivity index (χ4n) is 1.26. The molecule has 3 N–H and O–H groups in total. The van der Waals surface area contributed by atoms with E-state index in [-0.39, 0.29) is 5.91 Å². The van der Waals surface area contributed by atoms with Crippen molar-refractivity contribution in [3.8, 4) is 0 Å². The highest BCUT2D eigenvalue weighted by molar-refractivity contribution is 5.75. The molecule has 0 atom stereocenters. The molecule has 0 heterocycles. The highest BCUT2D eigenvalue weighted by Crippen LogP contribution is 2.06. The normalized spacial score (nSPS) is 10.0. The molecule has 0 fully saturated rings. The maximum Gasteiger partial charge on any atom is 0.219 e. The number of nitrogens with one attached hydrogen (secondary N) is 1. The molecule has 0 aromatic carbocycles. The second-order valence-corrected chi connectivity index (χ2v) is 3.33. The minimum absolute atomic E-state index is 0.155. The molecule has 3 nitrogen and oxygen atoms in total. The summed E-state index contributed by atoms with van der Waals surface area (Å²) >= 11 is 0. The first-order valence-electron chi connectivity index (χ1n) is 5.22. The monoisotopic (exact) mass is 186 g/mol. The van der Waals surface area contributed by atoms with Crippen molar-refractivity contribution in [3.63, 3.8) is 0 Å². The Kier molecular flexibility index (Phi) is 9.10. The van der Waals surface area contributed by atoms with Gasteiger partial charge in [0, 0.05) is 13.5 Å². The number of hydrogen-bond acceptors (Lipinski definition) is 2. The van der Waals surface area contributed by atoms with Crippen molar-refractivity contribution in [1.82, 2.24) is 5.32 Å². The Labute approximate surface area is 81.1 Å². The van der Waals surface area contributed by atoms with Crippen LogP contribution in [0, 0.1) is 0 Å². The number of carbonyl (C=O) groups is 1. The summed E-state index contributed by atoms with van der Waals surface area (Å²) in [7, 11) is 1.68. The molecule has 0 spiro atoms. The second kappa shape index (κ2) is 9.52. The van der Waals surface area contributed by atoms with Crippen LogP contribution in [0.1, 0.15) is 44.9 Å². The third-order valence-electron chi connectivity index (χ3n) is 2.14. The smallest absolute Gasteiger partial charge is 0.219 e. The van der Waals surface area contributed by atoms with E-state index in [0.29, 0.717) is 6.42 Å². The molecular formula is C10H22N2O. The summed E-state index contributed by atoms with van der Waals surface area (Å²) < 4.78 is 0. The van der Waals surface area contributed by atoms with E-state index in [1.54, 1.807) is 7.05 Å². The fourth-order valence-corrected chi connectivity index (χ4v) is 1.26. The number of amides is 1. The molecule has 0 aliphatic heterocycles. The van der Waals surface area contributed by atoms with Gasteiger partial charge in [0.25, 0.3) is 0 Å². The maximum atomic E-state index is 10.8. The van der Waals surface area contributed by atoms with E-state index in [9.17, 15) is 4.79 Å². The molecule has 78 valence electrons. The van der Waals surface area contributed by atoms with Crippen molar-refractivity contribution in [2.24, 2.45) is 5.73 Å². The van der Waals surface area contributed by atoms with E-state index in [1.165, 1.54) is 19.3 Å². The van der Waals surface area contributed by atoms with E-state index in [4.69, 9.17) is 5.73 Å². The number of unbranched alkanes of at least 4 members (excludes halogenated alkanes) is 5. The van der Waals surface area contributed by atoms with Gasteiger partial charge < -0.3 is 11.1 Å². The lowest BCUT2D eigenvalue weighted by Gasteiger charge is -2.00.